The molecule has 0 aliphatic rings. The number of hydrogen-bond donors (Lipinski definition) is 0. The molecule has 0 fully saturated rings. The van der Waals surface area contributed by atoms with Crippen molar-refractivity contribution in [3.05, 3.63) is 87.7 Å². The molecular formula is C21H13Cl2FO4. The second-order valence-electron chi connectivity index (χ2n) is 5.80. The van der Waals surface area contributed by atoms with E-state index in [-0.39, 0.29) is 22.3 Å². The van der Waals surface area contributed by atoms with Crippen molar-refractivity contribution in [2.45, 2.75) is 6.92 Å². The molecule has 28 heavy (non-hydrogen) atoms. The summed E-state index contributed by atoms with van der Waals surface area (Å²) in [5.74, 6) is -0.387. The molecule has 0 aliphatic heterocycles. The predicted molar refractivity (Wildman–Crippen MR) is 104 cm³/mol. The Kier molecular flexibility index (Phi) is 5.97. The van der Waals surface area contributed by atoms with E-state index < -0.39 is 11.8 Å². The van der Waals surface area contributed by atoms with Crippen molar-refractivity contribution >= 4 is 35.0 Å². The summed E-state index contributed by atoms with van der Waals surface area (Å²) in [7, 11) is 0. The van der Waals surface area contributed by atoms with Crippen LogP contribution in [0.15, 0.2) is 60.7 Å². The highest BCUT2D eigenvalue weighted by molar-refractivity contribution is 6.32. The van der Waals surface area contributed by atoms with Crippen LogP contribution in [0.5, 0.6) is 17.2 Å². The number of carbonyl (C=O) groups excluding carboxylic acids is 2. The van der Waals surface area contributed by atoms with Crippen molar-refractivity contribution in [1.29, 1.82) is 0 Å². The van der Waals surface area contributed by atoms with Gasteiger partial charge < -0.3 is 9.47 Å². The molecule has 0 N–H and O–H groups in total. The zero-order valence-corrected chi connectivity index (χ0v) is 16.1. The fourth-order valence-electron chi connectivity index (χ4n) is 2.44. The minimum Gasteiger partial charge on any atom is -0.456 e. The molecule has 0 saturated heterocycles. The van der Waals surface area contributed by atoms with Gasteiger partial charge in [0.2, 0.25) is 0 Å². The maximum absolute atomic E-state index is 13.0. The maximum Gasteiger partial charge on any atom is 0.308 e. The van der Waals surface area contributed by atoms with Crippen molar-refractivity contribution < 1.29 is 23.5 Å². The average molecular weight is 419 g/mol. The lowest BCUT2D eigenvalue weighted by Gasteiger charge is -2.11. The zero-order chi connectivity index (χ0) is 20.3. The molecule has 0 heterocycles. The van der Waals surface area contributed by atoms with Gasteiger partial charge >= 0.3 is 5.97 Å². The quantitative estimate of drug-likeness (QED) is 0.286. The third-order valence-electron chi connectivity index (χ3n) is 3.63. The molecule has 7 heteroatoms. The summed E-state index contributed by atoms with van der Waals surface area (Å²) < 4.78 is 23.7. The summed E-state index contributed by atoms with van der Waals surface area (Å²) in [6.07, 6.45) is 0. The number of carbonyl (C=O) groups is 2. The highest BCUT2D eigenvalue weighted by Gasteiger charge is 2.13. The van der Waals surface area contributed by atoms with Crippen molar-refractivity contribution in [2.24, 2.45) is 0 Å². The lowest BCUT2D eigenvalue weighted by Crippen LogP contribution is -2.02. The largest absolute Gasteiger partial charge is 0.456 e. The monoisotopic (exact) mass is 418 g/mol. The Morgan fingerprint density at radius 1 is 0.857 bits per heavy atom. The molecule has 0 aliphatic carbocycles. The summed E-state index contributed by atoms with van der Waals surface area (Å²) in [6.45, 7) is 1.27. The van der Waals surface area contributed by atoms with E-state index >= 15 is 0 Å². The number of ketones is 1. The summed E-state index contributed by atoms with van der Waals surface area (Å²) in [4.78, 5) is 23.6. The number of rotatable bonds is 5. The van der Waals surface area contributed by atoms with Gasteiger partial charge in [-0.25, -0.2) is 4.39 Å². The predicted octanol–water partition coefficient (Wildman–Crippen LogP) is 6.08. The SMILES string of the molecule is CC(=O)Oc1cc(Cl)cc(Oc2ccc(C(=O)c3ccc(F)cc3)cc2Cl)c1. The van der Waals surface area contributed by atoms with Gasteiger partial charge in [0.15, 0.2) is 5.78 Å². The number of benzene rings is 3. The first-order valence-electron chi connectivity index (χ1n) is 8.08. The standard InChI is InChI=1S/C21H13Cl2FO4/c1-12(25)27-17-9-15(22)10-18(11-17)28-20-7-4-14(8-19(20)23)21(26)13-2-5-16(24)6-3-13/h2-11H,1H3. The number of esters is 1. The van der Waals surface area contributed by atoms with Crippen LogP contribution in [0.2, 0.25) is 10.0 Å². The van der Waals surface area contributed by atoms with Crippen molar-refractivity contribution in [2.75, 3.05) is 0 Å². The molecule has 0 unspecified atom stereocenters. The van der Waals surface area contributed by atoms with Gasteiger partial charge in [0.1, 0.15) is 23.1 Å². The van der Waals surface area contributed by atoms with Crippen molar-refractivity contribution in [3.63, 3.8) is 0 Å². The summed E-state index contributed by atoms with van der Waals surface area (Å²) in [5.41, 5.74) is 0.669. The third-order valence-corrected chi connectivity index (χ3v) is 4.15. The van der Waals surface area contributed by atoms with Gasteiger partial charge in [-0.1, -0.05) is 23.2 Å². The van der Waals surface area contributed by atoms with E-state index in [2.05, 4.69) is 0 Å². The lowest BCUT2D eigenvalue weighted by molar-refractivity contribution is -0.131. The molecule has 3 aromatic rings. The van der Waals surface area contributed by atoms with Gasteiger partial charge in [0, 0.05) is 29.1 Å². The molecule has 4 nitrogen and oxygen atoms in total. The molecule has 0 aromatic heterocycles. The second kappa shape index (κ2) is 8.42. The average Bonchev–Trinajstić information content (AvgIpc) is 2.62. The van der Waals surface area contributed by atoms with Crippen LogP contribution < -0.4 is 9.47 Å². The number of hydrogen-bond acceptors (Lipinski definition) is 4. The van der Waals surface area contributed by atoms with Gasteiger partial charge in [-0.05, 0) is 54.6 Å². The van der Waals surface area contributed by atoms with Crippen LogP contribution >= 0.6 is 23.2 Å². The van der Waals surface area contributed by atoms with Crippen LogP contribution in [0.1, 0.15) is 22.8 Å². The Bertz CT molecular complexity index is 1050. The first-order chi connectivity index (χ1) is 13.3. The molecule has 0 bridgehead atoms. The molecule has 3 rings (SSSR count). The normalized spacial score (nSPS) is 10.4. The van der Waals surface area contributed by atoms with Crippen LogP contribution in [-0.2, 0) is 4.79 Å². The highest BCUT2D eigenvalue weighted by atomic mass is 35.5. The molecule has 0 atom stereocenters. The van der Waals surface area contributed by atoms with Crippen LogP contribution in [0.3, 0.4) is 0 Å². The van der Waals surface area contributed by atoms with Crippen LogP contribution in [0, 0.1) is 5.82 Å². The molecule has 142 valence electrons. The van der Waals surface area contributed by atoms with E-state index in [4.69, 9.17) is 32.7 Å². The van der Waals surface area contributed by atoms with Gasteiger partial charge in [-0.2, -0.15) is 0 Å². The number of halogens is 3. The topological polar surface area (TPSA) is 52.6 Å². The van der Waals surface area contributed by atoms with Gasteiger partial charge in [-0.15, -0.1) is 0 Å². The minimum absolute atomic E-state index is 0.196. The third kappa shape index (κ3) is 4.88. The van der Waals surface area contributed by atoms with Gasteiger partial charge in [0.05, 0.1) is 5.02 Å². The van der Waals surface area contributed by atoms with E-state index in [0.717, 1.165) is 0 Å². The molecule has 0 amide bonds. The summed E-state index contributed by atoms with van der Waals surface area (Å²) in [6, 6.07) is 14.3. The van der Waals surface area contributed by atoms with Gasteiger partial charge in [-0.3, -0.25) is 9.59 Å². The molecular weight excluding hydrogens is 406 g/mol. The fraction of sp³-hybridized carbons (Fsp3) is 0.0476. The zero-order valence-electron chi connectivity index (χ0n) is 14.5. The molecule has 0 spiro atoms. The molecule has 0 saturated carbocycles. The Hall–Kier alpha value is -2.89. The smallest absolute Gasteiger partial charge is 0.308 e. The maximum atomic E-state index is 13.0. The molecule has 3 aromatic carbocycles. The first kappa shape index (κ1) is 19.9. The Morgan fingerprint density at radius 2 is 1.50 bits per heavy atom. The summed E-state index contributed by atoms with van der Waals surface area (Å²) in [5, 5.41) is 0.509. The summed E-state index contributed by atoms with van der Waals surface area (Å²) >= 11 is 12.3. The number of ether oxygens (including phenoxy) is 2. The van der Waals surface area contributed by atoms with Crippen molar-refractivity contribution in [3.8, 4) is 17.2 Å². The lowest BCUT2D eigenvalue weighted by atomic mass is 10.0. The Labute approximate surface area is 170 Å². The van der Waals surface area contributed by atoms with E-state index in [0.29, 0.717) is 21.9 Å². The van der Waals surface area contributed by atoms with E-state index in [9.17, 15) is 14.0 Å². The minimum atomic E-state index is -0.491. The first-order valence-corrected chi connectivity index (χ1v) is 8.84. The van der Waals surface area contributed by atoms with Crippen LogP contribution in [-0.4, -0.2) is 11.8 Å². The Morgan fingerprint density at radius 3 is 2.14 bits per heavy atom. The Balaban J connectivity index is 1.83. The second-order valence-corrected chi connectivity index (χ2v) is 6.64. The fourth-order valence-corrected chi connectivity index (χ4v) is 2.87. The van der Waals surface area contributed by atoms with E-state index in [1.165, 1.54) is 61.5 Å². The van der Waals surface area contributed by atoms with E-state index in [1.807, 2.05) is 0 Å². The van der Waals surface area contributed by atoms with Crippen LogP contribution in [0.4, 0.5) is 4.39 Å². The van der Waals surface area contributed by atoms with E-state index in [1.54, 1.807) is 6.07 Å². The van der Waals surface area contributed by atoms with Crippen molar-refractivity contribution in [1.82, 2.24) is 0 Å². The highest BCUT2D eigenvalue weighted by Crippen LogP contribution is 2.34. The molecule has 0 radical (unpaired) electrons. The van der Waals surface area contributed by atoms with Crippen LogP contribution in [0.25, 0.3) is 0 Å². The van der Waals surface area contributed by atoms with Gasteiger partial charge in [0.25, 0.3) is 0 Å².